The number of benzene rings is 1. The minimum atomic E-state index is -1.73. The van der Waals surface area contributed by atoms with E-state index in [1.165, 1.54) is 6.92 Å². The predicted octanol–water partition coefficient (Wildman–Crippen LogP) is 3.06. The first kappa shape index (κ1) is 15.0. The molecule has 0 bridgehead atoms. The zero-order valence-electron chi connectivity index (χ0n) is 10.7. The Morgan fingerprint density at radius 2 is 2.06 bits per heavy atom. The summed E-state index contributed by atoms with van der Waals surface area (Å²) < 4.78 is 5.02. The van der Waals surface area contributed by atoms with Gasteiger partial charge in [-0.3, -0.25) is 0 Å². The molecule has 0 saturated heterocycles. The van der Waals surface area contributed by atoms with E-state index in [2.05, 4.69) is 0 Å². The maximum Gasteiger partial charge on any atom is 0.339 e. The highest BCUT2D eigenvalue weighted by molar-refractivity contribution is 6.23. The van der Waals surface area contributed by atoms with Crippen LogP contribution in [0.1, 0.15) is 37.6 Å². The lowest BCUT2D eigenvalue weighted by atomic mass is 9.96. The first-order valence-corrected chi connectivity index (χ1v) is 6.52. The van der Waals surface area contributed by atoms with Crippen molar-refractivity contribution in [3.05, 3.63) is 35.9 Å². The van der Waals surface area contributed by atoms with Crippen molar-refractivity contribution in [2.45, 2.75) is 37.7 Å². The Balaban J connectivity index is 2.70. The zero-order chi connectivity index (χ0) is 13.6. The van der Waals surface area contributed by atoms with E-state index in [9.17, 15) is 9.90 Å². The van der Waals surface area contributed by atoms with Crippen LogP contribution in [-0.2, 0) is 9.53 Å². The summed E-state index contributed by atoms with van der Waals surface area (Å²) in [6.07, 6.45) is 1.71. The Bertz CT molecular complexity index is 376. The molecule has 0 aromatic heterocycles. The van der Waals surface area contributed by atoms with Crippen molar-refractivity contribution in [1.82, 2.24) is 0 Å². The van der Waals surface area contributed by atoms with E-state index >= 15 is 0 Å². The van der Waals surface area contributed by atoms with E-state index in [1.807, 2.05) is 25.1 Å². The minimum absolute atomic E-state index is 0.309. The summed E-state index contributed by atoms with van der Waals surface area (Å²) in [7, 11) is 0. The zero-order valence-corrected chi connectivity index (χ0v) is 11.5. The van der Waals surface area contributed by atoms with Gasteiger partial charge in [-0.15, -0.1) is 11.6 Å². The molecule has 0 aliphatic heterocycles. The largest absolute Gasteiger partial charge is 0.464 e. The van der Waals surface area contributed by atoms with E-state index in [4.69, 9.17) is 16.3 Å². The highest BCUT2D eigenvalue weighted by atomic mass is 35.5. The van der Waals surface area contributed by atoms with E-state index in [1.54, 1.807) is 12.1 Å². The van der Waals surface area contributed by atoms with Gasteiger partial charge >= 0.3 is 5.97 Å². The van der Waals surface area contributed by atoms with Crippen molar-refractivity contribution in [1.29, 1.82) is 0 Å². The monoisotopic (exact) mass is 270 g/mol. The molecular weight excluding hydrogens is 252 g/mol. The summed E-state index contributed by atoms with van der Waals surface area (Å²) in [4.78, 5) is 11.8. The number of unbranched alkanes of at least 4 members (excludes halogenated alkanes) is 1. The second-order valence-corrected chi connectivity index (χ2v) is 4.85. The second kappa shape index (κ2) is 6.76. The standard InChI is InChI=1S/C14H19ClO3/c1-3-4-10-18-13(16)14(2,17)12(15)11-8-6-5-7-9-11/h5-9,12,17H,3-4,10H2,1-2H3/t12-,14-/m0/s1. The number of alkyl halides is 1. The molecule has 100 valence electrons. The molecule has 3 nitrogen and oxygen atoms in total. The quantitative estimate of drug-likeness (QED) is 0.491. The fraction of sp³-hybridized carbons (Fsp3) is 0.500. The second-order valence-electron chi connectivity index (χ2n) is 4.41. The summed E-state index contributed by atoms with van der Waals surface area (Å²) in [5, 5.41) is 9.37. The average Bonchev–Trinajstić information content (AvgIpc) is 2.39. The van der Waals surface area contributed by atoms with Gasteiger partial charge in [0.2, 0.25) is 0 Å². The van der Waals surface area contributed by atoms with Crippen molar-refractivity contribution >= 4 is 17.6 Å². The molecule has 4 heteroatoms. The SMILES string of the molecule is CCCCOC(=O)[C@@](C)(O)[C@@H](Cl)c1ccccc1. The molecular formula is C14H19ClO3. The van der Waals surface area contributed by atoms with Crippen LogP contribution < -0.4 is 0 Å². The van der Waals surface area contributed by atoms with Crippen LogP contribution in [0.25, 0.3) is 0 Å². The number of carbonyl (C=O) groups is 1. The van der Waals surface area contributed by atoms with E-state index in [0.29, 0.717) is 12.2 Å². The molecule has 18 heavy (non-hydrogen) atoms. The maximum atomic E-state index is 11.8. The first-order valence-electron chi connectivity index (χ1n) is 6.08. The topological polar surface area (TPSA) is 46.5 Å². The number of rotatable bonds is 6. The third kappa shape index (κ3) is 3.72. The lowest BCUT2D eigenvalue weighted by molar-refractivity contribution is -0.164. The van der Waals surface area contributed by atoms with Crippen LogP contribution in [0.15, 0.2) is 30.3 Å². The van der Waals surface area contributed by atoms with Crippen molar-refractivity contribution in [3.63, 3.8) is 0 Å². The maximum absolute atomic E-state index is 11.8. The molecule has 0 unspecified atom stereocenters. The van der Waals surface area contributed by atoms with Crippen LogP contribution in [-0.4, -0.2) is 23.3 Å². The van der Waals surface area contributed by atoms with Gasteiger partial charge in [0.25, 0.3) is 0 Å². The van der Waals surface area contributed by atoms with Gasteiger partial charge in [-0.2, -0.15) is 0 Å². The summed E-state index contributed by atoms with van der Waals surface area (Å²) in [5.41, 5.74) is -1.03. The summed E-state index contributed by atoms with van der Waals surface area (Å²) in [6.45, 7) is 3.69. The molecule has 0 heterocycles. The van der Waals surface area contributed by atoms with Crippen LogP contribution in [0.5, 0.6) is 0 Å². The van der Waals surface area contributed by atoms with Crippen LogP contribution in [0.3, 0.4) is 0 Å². The third-order valence-electron chi connectivity index (χ3n) is 2.73. The van der Waals surface area contributed by atoms with E-state index in [0.717, 1.165) is 12.8 Å². The number of hydrogen-bond acceptors (Lipinski definition) is 3. The molecule has 1 aromatic rings. The fourth-order valence-corrected chi connectivity index (χ4v) is 1.74. The van der Waals surface area contributed by atoms with Gasteiger partial charge in [-0.1, -0.05) is 43.7 Å². The Kier molecular flexibility index (Phi) is 5.63. The smallest absolute Gasteiger partial charge is 0.339 e. The van der Waals surface area contributed by atoms with Crippen LogP contribution in [0, 0.1) is 0 Å². The van der Waals surface area contributed by atoms with Gasteiger partial charge < -0.3 is 9.84 Å². The lowest BCUT2D eigenvalue weighted by Crippen LogP contribution is -2.41. The van der Waals surface area contributed by atoms with Gasteiger partial charge in [-0.25, -0.2) is 4.79 Å². The lowest BCUT2D eigenvalue weighted by Gasteiger charge is -2.26. The van der Waals surface area contributed by atoms with Crippen molar-refractivity contribution < 1.29 is 14.6 Å². The van der Waals surface area contributed by atoms with E-state index < -0.39 is 16.9 Å². The molecule has 2 atom stereocenters. The summed E-state index contributed by atoms with van der Waals surface area (Å²) in [5.74, 6) is -0.681. The van der Waals surface area contributed by atoms with Gasteiger partial charge in [0, 0.05) is 0 Å². The molecule has 0 aliphatic carbocycles. The van der Waals surface area contributed by atoms with E-state index in [-0.39, 0.29) is 0 Å². The predicted molar refractivity (Wildman–Crippen MR) is 71.5 cm³/mol. The summed E-state index contributed by atoms with van der Waals surface area (Å²) in [6, 6.07) is 9.00. The first-order chi connectivity index (χ1) is 8.50. The summed E-state index contributed by atoms with van der Waals surface area (Å²) >= 11 is 6.15. The molecule has 1 N–H and O–H groups in total. The van der Waals surface area contributed by atoms with Gasteiger partial charge in [0.05, 0.1) is 12.0 Å². The molecule has 0 spiro atoms. The number of ether oxygens (including phenoxy) is 1. The Morgan fingerprint density at radius 3 is 2.61 bits per heavy atom. The van der Waals surface area contributed by atoms with Crippen LogP contribution in [0.2, 0.25) is 0 Å². The number of hydrogen-bond donors (Lipinski definition) is 1. The third-order valence-corrected chi connectivity index (χ3v) is 3.41. The molecule has 0 saturated carbocycles. The normalized spacial score (nSPS) is 15.8. The molecule has 1 rings (SSSR count). The highest BCUT2D eigenvalue weighted by Gasteiger charge is 2.40. The molecule has 0 aliphatic rings. The Morgan fingerprint density at radius 1 is 1.44 bits per heavy atom. The number of esters is 1. The van der Waals surface area contributed by atoms with Crippen LogP contribution in [0.4, 0.5) is 0 Å². The number of carbonyl (C=O) groups excluding carboxylic acids is 1. The van der Waals surface area contributed by atoms with Crippen molar-refractivity contribution in [3.8, 4) is 0 Å². The van der Waals surface area contributed by atoms with Gasteiger partial charge in [0.15, 0.2) is 5.60 Å². The van der Waals surface area contributed by atoms with Crippen LogP contribution >= 0.6 is 11.6 Å². The highest BCUT2D eigenvalue weighted by Crippen LogP contribution is 2.33. The number of aliphatic hydroxyl groups is 1. The van der Waals surface area contributed by atoms with Gasteiger partial charge in [0.1, 0.15) is 0 Å². The van der Waals surface area contributed by atoms with Gasteiger partial charge in [-0.05, 0) is 18.9 Å². The van der Waals surface area contributed by atoms with Crippen molar-refractivity contribution in [2.24, 2.45) is 0 Å². The molecule has 0 radical (unpaired) electrons. The Hall–Kier alpha value is -1.06. The molecule has 0 amide bonds. The fourth-order valence-electron chi connectivity index (χ4n) is 1.51. The number of halogens is 1. The molecule has 1 aromatic carbocycles. The Labute approximate surface area is 113 Å². The molecule has 0 fully saturated rings. The van der Waals surface area contributed by atoms with Crippen molar-refractivity contribution in [2.75, 3.05) is 6.61 Å². The average molecular weight is 271 g/mol. The minimum Gasteiger partial charge on any atom is -0.464 e.